The minimum absolute atomic E-state index is 1.13. The van der Waals surface area contributed by atoms with E-state index in [9.17, 15) is 0 Å². The molecule has 52 heavy (non-hydrogen) atoms. The fourth-order valence-corrected chi connectivity index (χ4v) is 9.39. The van der Waals surface area contributed by atoms with Crippen molar-refractivity contribution in [3.8, 4) is 43.8 Å². The van der Waals surface area contributed by atoms with Crippen LogP contribution in [0.25, 0.3) is 86.2 Å². The normalized spacial score (nSPS) is 11.8. The van der Waals surface area contributed by atoms with E-state index in [0.717, 1.165) is 11.4 Å². The molecule has 0 saturated heterocycles. The third kappa shape index (κ3) is 4.55. The summed E-state index contributed by atoms with van der Waals surface area (Å²) in [6, 6.07) is 69.4. The average molecular weight is 678 g/mol. The standard InChI is InChI=1S/C50H31NS/c1-3-13-40-32(9-1)19-20-33-21-22-36(30-46(33)40)35-11-7-12-39(29-35)51(38-25-23-34(24-26-38)49-31-37-10-2-6-18-48(37)52-49)47-28-27-44-42-15-5-4-14-41(42)43-16-8-17-45(47)50(43)44/h1-31H. The van der Waals surface area contributed by atoms with Gasteiger partial charge in [-0.1, -0.05) is 140 Å². The number of hydrogen-bond acceptors (Lipinski definition) is 2. The number of fused-ring (bicyclic) bond motifs is 7. The van der Waals surface area contributed by atoms with Crippen molar-refractivity contribution in [1.82, 2.24) is 0 Å². The first kappa shape index (κ1) is 29.3. The van der Waals surface area contributed by atoms with E-state index < -0.39 is 0 Å². The van der Waals surface area contributed by atoms with Crippen molar-refractivity contribution in [1.29, 1.82) is 0 Å². The minimum atomic E-state index is 1.13. The number of nitrogens with zero attached hydrogens (tertiary/aromatic N) is 1. The number of anilines is 3. The van der Waals surface area contributed by atoms with Gasteiger partial charge in [-0.05, 0) is 120 Å². The number of benzene rings is 9. The van der Waals surface area contributed by atoms with Crippen molar-refractivity contribution >= 4 is 70.8 Å². The molecule has 0 amide bonds. The van der Waals surface area contributed by atoms with Gasteiger partial charge < -0.3 is 4.90 Å². The quantitative estimate of drug-likeness (QED) is 0.164. The monoisotopic (exact) mass is 677 g/mol. The highest BCUT2D eigenvalue weighted by molar-refractivity contribution is 7.22. The largest absolute Gasteiger partial charge is 0.310 e. The maximum atomic E-state index is 2.44. The van der Waals surface area contributed by atoms with Gasteiger partial charge in [0.25, 0.3) is 0 Å². The van der Waals surface area contributed by atoms with Crippen molar-refractivity contribution in [3.05, 3.63) is 188 Å². The molecule has 1 nitrogen and oxygen atoms in total. The first-order chi connectivity index (χ1) is 25.8. The van der Waals surface area contributed by atoms with Crippen LogP contribution in [0.15, 0.2) is 188 Å². The van der Waals surface area contributed by atoms with Crippen LogP contribution in [-0.2, 0) is 0 Å². The van der Waals surface area contributed by atoms with Gasteiger partial charge in [0, 0.05) is 26.3 Å². The number of thiophene rings is 1. The summed E-state index contributed by atoms with van der Waals surface area (Å²) in [6.45, 7) is 0. The van der Waals surface area contributed by atoms with Crippen LogP contribution in [0.3, 0.4) is 0 Å². The highest BCUT2D eigenvalue weighted by atomic mass is 32.1. The number of hydrogen-bond donors (Lipinski definition) is 0. The summed E-state index contributed by atoms with van der Waals surface area (Å²) in [5.41, 5.74) is 12.3. The minimum Gasteiger partial charge on any atom is -0.310 e. The third-order valence-electron chi connectivity index (χ3n) is 10.8. The van der Waals surface area contributed by atoms with E-state index in [-0.39, 0.29) is 0 Å². The van der Waals surface area contributed by atoms with E-state index in [4.69, 9.17) is 0 Å². The Morgan fingerprint density at radius 2 is 0.981 bits per heavy atom. The van der Waals surface area contributed by atoms with Crippen molar-refractivity contribution in [2.75, 3.05) is 4.90 Å². The molecule has 0 bridgehead atoms. The van der Waals surface area contributed by atoms with Crippen LogP contribution < -0.4 is 4.90 Å². The van der Waals surface area contributed by atoms with Gasteiger partial charge in [-0.15, -0.1) is 11.3 Å². The molecule has 0 radical (unpaired) electrons. The topological polar surface area (TPSA) is 3.24 Å². The van der Waals surface area contributed by atoms with Gasteiger partial charge in [0.1, 0.15) is 0 Å². The summed E-state index contributed by atoms with van der Waals surface area (Å²) < 4.78 is 1.32. The van der Waals surface area contributed by atoms with E-state index >= 15 is 0 Å². The van der Waals surface area contributed by atoms with E-state index in [1.807, 2.05) is 11.3 Å². The molecule has 2 heteroatoms. The average Bonchev–Trinajstić information content (AvgIpc) is 3.80. The Kier molecular flexibility index (Phi) is 6.49. The van der Waals surface area contributed by atoms with Crippen LogP contribution in [0.2, 0.25) is 0 Å². The van der Waals surface area contributed by atoms with Gasteiger partial charge in [0.2, 0.25) is 0 Å². The lowest BCUT2D eigenvalue weighted by molar-refractivity contribution is 1.30. The van der Waals surface area contributed by atoms with Gasteiger partial charge >= 0.3 is 0 Å². The Morgan fingerprint density at radius 1 is 0.346 bits per heavy atom. The van der Waals surface area contributed by atoms with Gasteiger partial charge in [-0.2, -0.15) is 0 Å². The molecule has 10 aromatic rings. The molecule has 1 aromatic heterocycles. The fourth-order valence-electron chi connectivity index (χ4n) is 8.32. The highest BCUT2D eigenvalue weighted by Gasteiger charge is 2.25. The first-order valence-electron chi connectivity index (χ1n) is 17.8. The zero-order chi connectivity index (χ0) is 34.2. The van der Waals surface area contributed by atoms with Crippen LogP contribution in [0.5, 0.6) is 0 Å². The Bertz CT molecular complexity index is 2960. The van der Waals surface area contributed by atoms with Crippen molar-refractivity contribution in [2.24, 2.45) is 0 Å². The molecular weight excluding hydrogens is 647 g/mol. The van der Waals surface area contributed by atoms with Crippen LogP contribution in [0, 0.1) is 0 Å². The predicted octanol–water partition coefficient (Wildman–Crippen LogP) is 14.8. The third-order valence-corrected chi connectivity index (χ3v) is 12.0. The predicted molar refractivity (Wildman–Crippen MR) is 224 cm³/mol. The molecule has 1 aliphatic carbocycles. The first-order valence-corrected chi connectivity index (χ1v) is 18.7. The van der Waals surface area contributed by atoms with Gasteiger partial charge in [-0.25, -0.2) is 0 Å². The molecule has 11 rings (SSSR count). The fraction of sp³-hybridized carbons (Fsp3) is 0. The second kappa shape index (κ2) is 11.5. The lowest BCUT2D eigenvalue weighted by atomic mass is 9.96. The molecule has 0 spiro atoms. The summed E-state index contributed by atoms with van der Waals surface area (Å²) in [6.07, 6.45) is 0. The van der Waals surface area contributed by atoms with Gasteiger partial charge in [0.15, 0.2) is 0 Å². The Labute approximate surface area is 306 Å². The summed E-state index contributed by atoms with van der Waals surface area (Å²) in [5, 5.41) is 8.95. The molecule has 0 N–H and O–H groups in total. The summed E-state index contributed by atoms with van der Waals surface area (Å²) >= 11 is 1.85. The smallest absolute Gasteiger partial charge is 0.0540 e. The zero-order valence-corrected chi connectivity index (χ0v) is 29.1. The molecule has 0 unspecified atom stereocenters. The van der Waals surface area contributed by atoms with Crippen LogP contribution in [0.4, 0.5) is 17.1 Å². The Hall–Kier alpha value is -6.48. The molecule has 0 saturated carbocycles. The highest BCUT2D eigenvalue weighted by Crippen LogP contribution is 2.51. The number of rotatable bonds is 5. The summed E-state index contributed by atoms with van der Waals surface area (Å²) in [7, 11) is 0. The molecule has 1 heterocycles. The Morgan fingerprint density at radius 3 is 1.83 bits per heavy atom. The van der Waals surface area contributed by atoms with Crippen LogP contribution in [0.1, 0.15) is 0 Å². The van der Waals surface area contributed by atoms with E-state index in [1.165, 1.54) is 91.9 Å². The van der Waals surface area contributed by atoms with E-state index in [2.05, 4.69) is 193 Å². The lowest BCUT2D eigenvalue weighted by Gasteiger charge is -2.28. The molecule has 0 aliphatic heterocycles. The van der Waals surface area contributed by atoms with Crippen molar-refractivity contribution in [3.63, 3.8) is 0 Å². The zero-order valence-electron chi connectivity index (χ0n) is 28.3. The maximum absolute atomic E-state index is 2.44. The SMILES string of the molecule is c1cc(-c2ccc3ccc4ccccc4c3c2)cc(N(c2ccc(-c3cc4ccccc4s3)cc2)c2ccc3c4c(cccc24)-c2ccccc2-3)c1. The van der Waals surface area contributed by atoms with Gasteiger partial charge in [-0.3, -0.25) is 0 Å². The summed E-state index contributed by atoms with van der Waals surface area (Å²) in [4.78, 5) is 3.73. The van der Waals surface area contributed by atoms with E-state index in [1.54, 1.807) is 0 Å². The van der Waals surface area contributed by atoms with E-state index in [0.29, 0.717) is 0 Å². The Balaban J connectivity index is 1.09. The second-order valence-corrected chi connectivity index (χ2v) is 14.8. The lowest BCUT2D eigenvalue weighted by Crippen LogP contribution is -2.10. The second-order valence-electron chi connectivity index (χ2n) is 13.7. The molecule has 0 fully saturated rings. The molecule has 0 atom stereocenters. The molecule has 1 aliphatic rings. The molecular formula is C50H31NS. The van der Waals surface area contributed by atoms with Crippen LogP contribution >= 0.6 is 11.3 Å². The van der Waals surface area contributed by atoms with Gasteiger partial charge in [0.05, 0.1) is 5.69 Å². The van der Waals surface area contributed by atoms with Crippen molar-refractivity contribution in [2.45, 2.75) is 0 Å². The van der Waals surface area contributed by atoms with Crippen LogP contribution in [-0.4, -0.2) is 0 Å². The molecule has 9 aromatic carbocycles. The maximum Gasteiger partial charge on any atom is 0.0540 e. The van der Waals surface area contributed by atoms with Crippen molar-refractivity contribution < 1.29 is 0 Å². The molecule has 242 valence electrons. The summed E-state index contributed by atoms with van der Waals surface area (Å²) in [5.74, 6) is 0.